The molecule has 0 amide bonds. The topological polar surface area (TPSA) is 18.5 Å². The van der Waals surface area contributed by atoms with Gasteiger partial charge in [-0.1, -0.05) is 33.9 Å². The highest BCUT2D eigenvalue weighted by Crippen LogP contribution is 2.48. The van der Waals surface area contributed by atoms with E-state index in [-0.39, 0.29) is 10.3 Å². The second-order valence-corrected chi connectivity index (χ2v) is 11.6. The summed E-state index contributed by atoms with van der Waals surface area (Å²) < 4.78 is 11.0. The largest absolute Gasteiger partial charge is 0.505 e. The van der Waals surface area contributed by atoms with Crippen LogP contribution in [0.15, 0.2) is 24.7 Å². The Hall–Kier alpha value is -0.703. The molecule has 0 saturated heterocycles. The lowest BCUT2D eigenvalue weighted by Crippen LogP contribution is -2.58. The predicted molar refractivity (Wildman–Crippen MR) is 70.9 cm³/mol. The van der Waals surface area contributed by atoms with Crippen LogP contribution in [0, 0.1) is 0 Å². The summed E-state index contributed by atoms with van der Waals surface area (Å²) in [5.41, 5.74) is 0. The molecule has 0 aliphatic carbocycles. The molecular weight excluding hydrogens is 216 g/mol. The molecule has 0 bridgehead atoms. The van der Waals surface area contributed by atoms with Crippen molar-refractivity contribution in [1.29, 1.82) is 0 Å². The number of hydrogen-bond donors (Lipinski definition) is 0. The standard InChI is InChI=1S/C13H24O2Si/c1-12(2,3)16(5,6)13(9-11-14-4)8-7-10-15-13/h7,9-11H,8H2,1-6H3/b11-9+. The average molecular weight is 240 g/mol. The van der Waals surface area contributed by atoms with Crippen molar-refractivity contribution in [3.05, 3.63) is 24.7 Å². The van der Waals surface area contributed by atoms with Gasteiger partial charge in [0.2, 0.25) is 0 Å². The molecule has 1 aliphatic rings. The van der Waals surface area contributed by atoms with Crippen LogP contribution in [0.3, 0.4) is 0 Å². The quantitative estimate of drug-likeness (QED) is 0.551. The molecule has 0 radical (unpaired) electrons. The van der Waals surface area contributed by atoms with E-state index in [9.17, 15) is 0 Å². The van der Waals surface area contributed by atoms with Crippen LogP contribution in [-0.4, -0.2) is 20.4 Å². The highest BCUT2D eigenvalue weighted by molar-refractivity contribution is 6.83. The van der Waals surface area contributed by atoms with Crippen molar-refractivity contribution in [3.8, 4) is 0 Å². The Labute approximate surface area is 100 Å². The predicted octanol–water partition coefficient (Wildman–Crippen LogP) is 3.87. The van der Waals surface area contributed by atoms with Gasteiger partial charge < -0.3 is 9.47 Å². The van der Waals surface area contributed by atoms with Crippen molar-refractivity contribution in [2.24, 2.45) is 0 Å². The van der Waals surface area contributed by atoms with E-state index in [2.05, 4.69) is 46.0 Å². The molecule has 1 heterocycles. The summed E-state index contributed by atoms with van der Waals surface area (Å²) in [6.45, 7) is 11.7. The van der Waals surface area contributed by atoms with Gasteiger partial charge >= 0.3 is 0 Å². The fraction of sp³-hybridized carbons (Fsp3) is 0.692. The van der Waals surface area contributed by atoms with E-state index >= 15 is 0 Å². The minimum Gasteiger partial charge on any atom is -0.505 e. The first-order valence-corrected chi connectivity index (χ1v) is 8.80. The highest BCUT2D eigenvalue weighted by atomic mass is 28.3. The second kappa shape index (κ2) is 4.28. The smallest absolute Gasteiger partial charge is 0.120 e. The van der Waals surface area contributed by atoms with Crippen LogP contribution < -0.4 is 0 Å². The lowest BCUT2D eigenvalue weighted by molar-refractivity contribution is 0.153. The van der Waals surface area contributed by atoms with E-state index in [1.54, 1.807) is 13.4 Å². The zero-order chi connectivity index (χ0) is 12.4. The molecule has 3 heteroatoms. The second-order valence-electron chi connectivity index (χ2n) is 6.00. The Bertz CT molecular complexity index is 290. The molecule has 0 aromatic heterocycles. The third-order valence-corrected chi connectivity index (χ3v) is 10.6. The molecule has 0 N–H and O–H groups in total. The third-order valence-electron chi connectivity index (χ3n) is 4.20. The lowest BCUT2D eigenvalue weighted by atomic mass is 10.2. The van der Waals surface area contributed by atoms with Crippen molar-refractivity contribution in [2.75, 3.05) is 7.11 Å². The Morgan fingerprint density at radius 3 is 2.38 bits per heavy atom. The molecule has 1 atom stereocenters. The Balaban J connectivity index is 3.07. The van der Waals surface area contributed by atoms with Crippen molar-refractivity contribution in [1.82, 2.24) is 0 Å². The van der Waals surface area contributed by atoms with E-state index in [4.69, 9.17) is 9.47 Å². The number of ether oxygens (including phenoxy) is 2. The van der Waals surface area contributed by atoms with E-state index in [0.717, 1.165) is 6.42 Å². The minimum atomic E-state index is -1.61. The van der Waals surface area contributed by atoms with Crippen molar-refractivity contribution < 1.29 is 9.47 Å². The van der Waals surface area contributed by atoms with Gasteiger partial charge in [0.15, 0.2) is 0 Å². The SMILES string of the molecule is CO/C=C/C1([Si](C)(C)C(C)(C)C)CC=CO1. The van der Waals surface area contributed by atoms with Gasteiger partial charge in [0.05, 0.1) is 19.6 Å². The molecule has 92 valence electrons. The maximum atomic E-state index is 5.95. The summed E-state index contributed by atoms with van der Waals surface area (Å²) >= 11 is 0. The number of hydrogen-bond acceptors (Lipinski definition) is 2. The molecule has 1 unspecified atom stereocenters. The van der Waals surface area contributed by atoms with Crippen molar-refractivity contribution in [3.63, 3.8) is 0 Å². The zero-order valence-corrected chi connectivity index (χ0v) is 12.3. The molecule has 0 saturated carbocycles. The van der Waals surface area contributed by atoms with Gasteiger partial charge in [-0.05, 0) is 17.2 Å². The van der Waals surface area contributed by atoms with Crippen molar-refractivity contribution in [2.45, 2.75) is 50.5 Å². The van der Waals surface area contributed by atoms with Crippen LogP contribution in [0.2, 0.25) is 18.1 Å². The molecular formula is C13H24O2Si. The normalized spacial score (nSPS) is 26.1. The number of methoxy groups -OCH3 is 1. The summed E-state index contributed by atoms with van der Waals surface area (Å²) in [7, 11) is 0.0679. The molecule has 16 heavy (non-hydrogen) atoms. The minimum absolute atomic E-state index is 0.152. The van der Waals surface area contributed by atoms with E-state index in [1.165, 1.54) is 0 Å². The van der Waals surface area contributed by atoms with Crippen LogP contribution >= 0.6 is 0 Å². The third kappa shape index (κ3) is 2.05. The molecule has 0 aromatic rings. The fourth-order valence-corrected chi connectivity index (χ4v) is 4.72. The Morgan fingerprint density at radius 2 is 2.00 bits per heavy atom. The van der Waals surface area contributed by atoms with E-state index < -0.39 is 8.07 Å². The van der Waals surface area contributed by atoms with E-state index in [0.29, 0.717) is 0 Å². The Morgan fingerprint density at radius 1 is 1.38 bits per heavy atom. The summed E-state index contributed by atoms with van der Waals surface area (Å²) in [6, 6.07) is 0. The van der Waals surface area contributed by atoms with Crippen LogP contribution in [0.5, 0.6) is 0 Å². The van der Waals surface area contributed by atoms with Gasteiger partial charge in [-0.3, -0.25) is 0 Å². The van der Waals surface area contributed by atoms with Gasteiger partial charge in [0.25, 0.3) is 0 Å². The summed E-state index contributed by atoms with van der Waals surface area (Å²) in [5.74, 6) is 0. The first kappa shape index (κ1) is 13.4. The van der Waals surface area contributed by atoms with Gasteiger partial charge in [-0.25, -0.2) is 0 Å². The first-order chi connectivity index (χ1) is 7.27. The molecule has 0 spiro atoms. The average Bonchev–Trinajstić information content (AvgIpc) is 2.62. The van der Waals surface area contributed by atoms with Crippen LogP contribution in [0.1, 0.15) is 27.2 Å². The molecule has 0 aromatic carbocycles. The number of rotatable bonds is 3. The van der Waals surface area contributed by atoms with E-state index in [1.807, 2.05) is 6.26 Å². The van der Waals surface area contributed by atoms with Gasteiger partial charge in [-0.2, -0.15) is 0 Å². The van der Waals surface area contributed by atoms with Crippen LogP contribution in [0.25, 0.3) is 0 Å². The van der Waals surface area contributed by atoms with Gasteiger partial charge in [-0.15, -0.1) is 0 Å². The molecule has 1 rings (SSSR count). The summed E-state index contributed by atoms with van der Waals surface area (Å²) in [5, 5.41) is 0.137. The fourth-order valence-electron chi connectivity index (χ4n) is 1.97. The lowest BCUT2D eigenvalue weighted by Gasteiger charge is -2.48. The monoisotopic (exact) mass is 240 g/mol. The molecule has 2 nitrogen and oxygen atoms in total. The van der Waals surface area contributed by atoms with Gasteiger partial charge in [0, 0.05) is 6.42 Å². The highest BCUT2D eigenvalue weighted by Gasteiger charge is 2.54. The maximum absolute atomic E-state index is 5.95. The summed E-state index contributed by atoms with van der Waals surface area (Å²) in [6.07, 6.45) is 8.77. The van der Waals surface area contributed by atoms with Gasteiger partial charge in [0.1, 0.15) is 13.3 Å². The van der Waals surface area contributed by atoms with Crippen LogP contribution in [0.4, 0.5) is 0 Å². The molecule has 1 aliphatic heterocycles. The first-order valence-electron chi connectivity index (χ1n) is 5.80. The zero-order valence-electron chi connectivity index (χ0n) is 11.3. The Kier molecular flexibility index (Phi) is 3.58. The van der Waals surface area contributed by atoms with Crippen LogP contribution in [-0.2, 0) is 9.47 Å². The maximum Gasteiger partial charge on any atom is 0.120 e. The van der Waals surface area contributed by atoms with Crippen molar-refractivity contribution >= 4 is 8.07 Å². The molecule has 0 fully saturated rings. The summed E-state index contributed by atoms with van der Waals surface area (Å²) in [4.78, 5) is 0.